The van der Waals surface area contributed by atoms with E-state index in [4.69, 9.17) is 10.7 Å². The van der Waals surface area contributed by atoms with E-state index in [1.807, 2.05) is 6.20 Å². The van der Waals surface area contributed by atoms with Gasteiger partial charge < -0.3 is 30.7 Å². The molecule has 0 unspecified atom stereocenters. The van der Waals surface area contributed by atoms with Gasteiger partial charge in [-0.3, -0.25) is 0 Å². The first-order valence-corrected chi connectivity index (χ1v) is 13.7. The van der Waals surface area contributed by atoms with Gasteiger partial charge in [0.05, 0.1) is 17.6 Å². The molecular weight excluding hydrogens is 410 g/mol. The lowest BCUT2D eigenvalue weighted by Crippen LogP contribution is -2.44. The molecule has 2 fully saturated rings. The van der Waals surface area contributed by atoms with E-state index in [0.29, 0.717) is 0 Å². The summed E-state index contributed by atoms with van der Waals surface area (Å²) in [6.07, 6.45) is 13.9. The van der Waals surface area contributed by atoms with Gasteiger partial charge in [-0.25, -0.2) is 4.98 Å². The molecule has 0 radical (unpaired) electrons. The molecule has 3 N–H and O–H groups in total. The van der Waals surface area contributed by atoms with Crippen molar-refractivity contribution < 1.29 is 0 Å². The molecule has 0 spiro atoms. The lowest BCUT2D eigenvalue weighted by atomic mass is 10.1. The van der Waals surface area contributed by atoms with Gasteiger partial charge in [-0.1, -0.05) is 12.8 Å². The van der Waals surface area contributed by atoms with Crippen molar-refractivity contribution in [3.63, 3.8) is 0 Å². The minimum absolute atomic E-state index is 0.770. The highest BCUT2D eigenvalue weighted by Crippen LogP contribution is 2.32. The Labute approximate surface area is 201 Å². The lowest BCUT2D eigenvalue weighted by molar-refractivity contribution is 0.328. The summed E-state index contributed by atoms with van der Waals surface area (Å²) < 4.78 is 0. The second-order valence-corrected chi connectivity index (χ2v) is 10.2. The molecule has 0 atom stereocenters. The quantitative estimate of drug-likeness (QED) is 0.416. The molecule has 0 amide bonds. The van der Waals surface area contributed by atoms with E-state index in [1.165, 1.54) is 103 Å². The van der Waals surface area contributed by atoms with Crippen LogP contribution in [-0.4, -0.2) is 93.3 Å². The molecule has 1 aromatic heterocycles. The minimum atomic E-state index is 0.770. The fourth-order valence-corrected chi connectivity index (χ4v) is 5.63. The lowest BCUT2D eigenvalue weighted by Gasteiger charge is -2.38. The van der Waals surface area contributed by atoms with Crippen LogP contribution < -0.4 is 20.9 Å². The van der Waals surface area contributed by atoms with Gasteiger partial charge in [-0.15, -0.1) is 0 Å². The van der Waals surface area contributed by atoms with Crippen LogP contribution in [0.4, 0.5) is 17.2 Å². The van der Waals surface area contributed by atoms with Crippen molar-refractivity contribution in [1.29, 1.82) is 0 Å². The third kappa shape index (κ3) is 7.72. The monoisotopic (exact) mass is 457 g/mol. The summed E-state index contributed by atoms with van der Waals surface area (Å²) in [5.74, 6) is 1.11. The largest absolute Gasteiger partial charge is 0.397 e. The Hall–Kier alpha value is -1.57. The normalized spacial score (nSPS) is 19.5. The van der Waals surface area contributed by atoms with Crippen molar-refractivity contribution in [2.24, 2.45) is 0 Å². The van der Waals surface area contributed by atoms with Crippen LogP contribution in [0.2, 0.25) is 0 Å². The number of likely N-dealkylation sites (tertiary alicyclic amines) is 2. The highest BCUT2D eigenvalue weighted by Gasteiger charge is 2.23. The molecule has 4 rings (SSSR count). The number of aromatic nitrogens is 1. The van der Waals surface area contributed by atoms with E-state index in [0.717, 1.165) is 50.8 Å². The predicted octanol–water partition coefficient (Wildman–Crippen LogP) is 3.02. The summed E-state index contributed by atoms with van der Waals surface area (Å²) in [4.78, 5) is 14.9. The number of nitrogens with zero attached hydrogens (tertiary/aromatic N) is 5. The molecule has 33 heavy (non-hydrogen) atoms. The summed E-state index contributed by atoms with van der Waals surface area (Å²) in [7, 11) is 0. The fraction of sp³-hybridized carbons (Fsp3) is 0.808. The molecule has 3 aliphatic heterocycles. The minimum Gasteiger partial charge on any atom is -0.397 e. The van der Waals surface area contributed by atoms with Gasteiger partial charge in [0, 0.05) is 32.7 Å². The second-order valence-electron chi connectivity index (χ2n) is 10.2. The summed E-state index contributed by atoms with van der Waals surface area (Å²) in [5.41, 5.74) is 8.12. The number of hydrogen-bond acceptors (Lipinski definition) is 7. The summed E-state index contributed by atoms with van der Waals surface area (Å²) in [5, 5.41) is 3.65. The van der Waals surface area contributed by atoms with E-state index < -0.39 is 0 Å². The summed E-state index contributed by atoms with van der Waals surface area (Å²) in [6.45, 7) is 14.2. The fourth-order valence-electron chi connectivity index (χ4n) is 5.63. The molecule has 0 bridgehead atoms. The van der Waals surface area contributed by atoms with Crippen LogP contribution in [-0.2, 0) is 0 Å². The van der Waals surface area contributed by atoms with Gasteiger partial charge in [-0.05, 0) is 96.8 Å². The van der Waals surface area contributed by atoms with Crippen LogP contribution in [0, 0.1) is 0 Å². The zero-order valence-corrected chi connectivity index (χ0v) is 20.8. The van der Waals surface area contributed by atoms with Gasteiger partial charge in [0.1, 0.15) is 0 Å². The molecule has 0 saturated carbocycles. The average molecular weight is 458 g/mol. The van der Waals surface area contributed by atoms with E-state index in [9.17, 15) is 0 Å². The molecule has 0 aliphatic carbocycles. The van der Waals surface area contributed by atoms with Crippen LogP contribution in [0.15, 0.2) is 12.3 Å². The number of nitrogen functional groups attached to an aromatic ring is 1. The van der Waals surface area contributed by atoms with Crippen LogP contribution in [0.1, 0.15) is 57.8 Å². The Balaban J connectivity index is 1.15. The van der Waals surface area contributed by atoms with Crippen molar-refractivity contribution in [2.45, 2.75) is 57.8 Å². The SMILES string of the molecule is Nc1cnc2c(c1)N(CCCCCCN1CCCC1)CCN2CCNCCCN1CCCC1. The van der Waals surface area contributed by atoms with Crippen molar-refractivity contribution in [3.8, 4) is 0 Å². The zero-order chi connectivity index (χ0) is 22.7. The molecular formula is C26H47N7. The van der Waals surface area contributed by atoms with Crippen LogP contribution in [0.3, 0.4) is 0 Å². The highest BCUT2D eigenvalue weighted by atomic mass is 15.3. The number of nitrogens with one attached hydrogen (secondary N) is 1. The van der Waals surface area contributed by atoms with Crippen LogP contribution in [0.5, 0.6) is 0 Å². The number of unbranched alkanes of at least 4 members (excludes halogenated alkanes) is 3. The van der Waals surface area contributed by atoms with Gasteiger partial charge >= 0.3 is 0 Å². The highest BCUT2D eigenvalue weighted by molar-refractivity contribution is 5.72. The van der Waals surface area contributed by atoms with Crippen LogP contribution >= 0.6 is 0 Å². The number of pyridine rings is 1. The maximum atomic E-state index is 6.12. The van der Waals surface area contributed by atoms with Crippen molar-refractivity contribution in [1.82, 2.24) is 20.1 Å². The van der Waals surface area contributed by atoms with Crippen LogP contribution in [0.25, 0.3) is 0 Å². The zero-order valence-electron chi connectivity index (χ0n) is 20.8. The van der Waals surface area contributed by atoms with Gasteiger partial charge in [-0.2, -0.15) is 0 Å². The van der Waals surface area contributed by atoms with Crippen molar-refractivity contribution in [2.75, 3.05) is 94.1 Å². The molecule has 3 aliphatic rings. The Morgan fingerprint density at radius 3 is 2.06 bits per heavy atom. The molecule has 1 aromatic rings. The molecule has 7 heteroatoms. The molecule has 0 aromatic carbocycles. The van der Waals surface area contributed by atoms with Gasteiger partial charge in [0.15, 0.2) is 5.82 Å². The molecule has 4 heterocycles. The number of nitrogens with two attached hydrogens (primary N) is 1. The van der Waals surface area contributed by atoms with E-state index >= 15 is 0 Å². The Bertz CT molecular complexity index is 685. The van der Waals surface area contributed by atoms with E-state index in [2.05, 4.69) is 31.0 Å². The first-order valence-electron chi connectivity index (χ1n) is 13.7. The predicted molar refractivity (Wildman–Crippen MR) is 140 cm³/mol. The van der Waals surface area contributed by atoms with Gasteiger partial charge in [0.25, 0.3) is 0 Å². The maximum absolute atomic E-state index is 6.12. The Morgan fingerprint density at radius 2 is 1.33 bits per heavy atom. The Kier molecular flexibility index (Phi) is 9.93. The van der Waals surface area contributed by atoms with E-state index in [-0.39, 0.29) is 0 Å². The number of hydrogen-bond donors (Lipinski definition) is 2. The number of rotatable bonds is 14. The number of anilines is 3. The molecule has 7 nitrogen and oxygen atoms in total. The first kappa shape index (κ1) is 24.6. The smallest absolute Gasteiger partial charge is 0.152 e. The van der Waals surface area contributed by atoms with Crippen molar-refractivity contribution >= 4 is 17.2 Å². The summed E-state index contributed by atoms with van der Waals surface area (Å²) in [6, 6.07) is 2.13. The standard InChI is InChI=1S/C26H47N7/c27-24-22-25-26(29-23-24)33(19-11-28-10-9-17-31-15-7-8-16-31)21-20-32(25)18-4-2-1-3-12-30-13-5-6-14-30/h22-23,28H,1-21,27H2. The van der Waals surface area contributed by atoms with E-state index in [1.54, 1.807) is 0 Å². The third-order valence-electron chi connectivity index (χ3n) is 7.58. The molecule has 2 saturated heterocycles. The maximum Gasteiger partial charge on any atom is 0.152 e. The number of fused-ring (bicyclic) bond motifs is 1. The molecule has 186 valence electrons. The average Bonchev–Trinajstić information content (AvgIpc) is 3.53. The van der Waals surface area contributed by atoms with Crippen molar-refractivity contribution in [3.05, 3.63) is 12.3 Å². The summed E-state index contributed by atoms with van der Waals surface area (Å²) >= 11 is 0. The topological polar surface area (TPSA) is 63.9 Å². The van der Waals surface area contributed by atoms with Gasteiger partial charge in [0.2, 0.25) is 0 Å². The Morgan fingerprint density at radius 1 is 0.697 bits per heavy atom. The first-order chi connectivity index (χ1) is 16.3. The second kappa shape index (κ2) is 13.4. The third-order valence-corrected chi connectivity index (χ3v) is 7.58.